The Bertz CT molecular complexity index is 3250. The third kappa shape index (κ3) is 6.84. The van der Waals surface area contributed by atoms with E-state index < -0.39 is 0 Å². The first-order valence-corrected chi connectivity index (χ1v) is 26.4. The summed E-state index contributed by atoms with van der Waals surface area (Å²) in [7, 11) is 0. The number of hydrogen-bond donors (Lipinski definition) is 0. The number of aryl methyl sites for hydroxylation is 2. The predicted octanol–water partition coefficient (Wildman–Crippen LogP) is 16.6. The second kappa shape index (κ2) is 14.7. The molecule has 2 aliphatic carbocycles. The first-order valence-electron chi connectivity index (χ1n) is 25.6. The minimum Gasteiger partial charge on any atom is -0.311 e. The van der Waals surface area contributed by atoms with Crippen molar-refractivity contribution in [1.29, 1.82) is 0 Å². The van der Waals surface area contributed by atoms with Gasteiger partial charge in [0.15, 0.2) is 0 Å². The monoisotopic (exact) mass is 913 g/mol. The summed E-state index contributed by atoms with van der Waals surface area (Å²) in [6.07, 6.45) is 4.78. The van der Waals surface area contributed by atoms with Crippen LogP contribution < -0.4 is 25.5 Å². The summed E-state index contributed by atoms with van der Waals surface area (Å²) < 4.78 is 2.87. The van der Waals surface area contributed by atoms with Crippen molar-refractivity contribution in [3.8, 4) is 11.1 Å². The lowest BCUT2D eigenvalue weighted by Crippen LogP contribution is -2.60. The highest BCUT2D eigenvalue weighted by Gasteiger charge is 2.48. The van der Waals surface area contributed by atoms with Crippen LogP contribution in [0, 0.1) is 13.8 Å². The number of thiophene rings is 1. The average molecular weight is 913 g/mol. The first kappa shape index (κ1) is 45.4. The van der Waals surface area contributed by atoms with Gasteiger partial charge in [-0.15, -0.1) is 11.3 Å². The van der Waals surface area contributed by atoms with E-state index in [0.717, 1.165) is 0 Å². The highest BCUT2D eigenvalue weighted by Crippen LogP contribution is 2.55. The number of rotatable bonds is 3. The molecule has 0 N–H and O–H groups in total. The Labute approximate surface area is 413 Å². The zero-order valence-corrected chi connectivity index (χ0v) is 44.8. The van der Waals surface area contributed by atoms with Crippen LogP contribution in [0.1, 0.15) is 167 Å². The molecule has 2 aliphatic heterocycles. The molecular weight excluding hydrogens is 840 g/mol. The van der Waals surface area contributed by atoms with E-state index in [2.05, 4.69) is 235 Å². The smallest absolute Gasteiger partial charge is 0.264 e. The molecule has 0 amide bonds. The Kier molecular flexibility index (Phi) is 9.84. The topological polar surface area (TPSA) is 6.48 Å². The van der Waals surface area contributed by atoms with E-state index in [1.54, 1.807) is 0 Å². The number of nitrogens with zero attached hydrogens (tertiary/aromatic N) is 2. The lowest BCUT2D eigenvalue weighted by Gasteiger charge is -2.45. The van der Waals surface area contributed by atoms with E-state index in [-0.39, 0.29) is 39.2 Å². The number of benzene rings is 6. The second-order valence-electron chi connectivity index (χ2n) is 26.1. The van der Waals surface area contributed by atoms with Crippen LogP contribution in [0.25, 0.3) is 21.2 Å². The van der Waals surface area contributed by atoms with E-state index in [0.29, 0.717) is 0 Å². The van der Waals surface area contributed by atoms with Crippen molar-refractivity contribution >= 4 is 78.0 Å². The highest BCUT2D eigenvalue weighted by molar-refractivity contribution is 7.33. The van der Waals surface area contributed by atoms with Crippen LogP contribution >= 0.6 is 11.3 Å². The highest BCUT2D eigenvalue weighted by atomic mass is 32.1. The van der Waals surface area contributed by atoms with Gasteiger partial charge in [0, 0.05) is 43.2 Å². The molecular formula is C64H73BN2S. The van der Waals surface area contributed by atoms with Crippen LogP contribution in [-0.4, -0.2) is 6.71 Å². The van der Waals surface area contributed by atoms with Gasteiger partial charge in [-0.2, -0.15) is 0 Å². The number of anilines is 6. The second-order valence-corrected chi connectivity index (χ2v) is 27.2. The summed E-state index contributed by atoms with van der Waals surface area (Å²) in [4.78, 5) is 5.40. The predicted molar refractivity (Wildman–Crippen MR) is 299 cm³/mol. The van der Waals surface area contributed by atoms with E-state index in [1.165, 1.54) is 141 Å². The van der Waals surface area contributed by atoms with Crippen LogP contribution in [0.4, 0.5) is 34.1 Å². The Balaban J connectivity index is 1.28. The van der Waals surface area contributed by atoms with Crippen molar-refractivity contribution < 1.29 is 0 Å². The Morgan fingerprint density at radius 1 is 0.500 bits per heavy atom. The third-order valence-corrected chi connectivity index (χ3v) is 18.5. The molecule has 68 heavy (non-hydrogen) atoms. The van der Waals surface area contributed by atoms with E-state index in [4.69, 9.17) is 0 Å². The molecule has 0 saturated heterocycles. The lowest BCUT2D eigenvalue weighted by molar-refractivity contribution is 0.332. The van der Waals surface area contributed by atoms with Crippen molar-refractivity contribution in [2.75, 3.05) is 9.80 Å². The zero-order valence-electron chi connectivity index (χ0n) is 44.0. The summed E-state index contributed by atoms with van der Waals surface area (Å²) >= 11 is 2.06. The normalized spacial score (nSPS) is 18.4. The lowest BCUT2D eigenvalue weighted by atomic mass is 9.36. The van der Waals surface area contributed by atoms with E-state index >= 15 is 0 Å². The van der Waals surface area contributed by atoms with Gasteiger partial charge in [0.25, 0.3) is 6.71 Å². The molecule has 0 fully saturated rings. The Morgan fingerprint density at radius 2 is 1.04 bits per heavy atom. The van der Waals surface area contributed by atoms with Gasteiger partial charge in [0.1, 0.15) is 0 Å². The maximum absolute atomic E-state index is 2.74. The maximum Gasteiger partial charge on any atom is 0.264 e. The molecule has 0 radical (unpaired) electrons. The van der Waals surface area contributed by atoms with Crippen molar-refractivity contribution in [2.24, 2.45) is 0 Å². The molecule has 4 heteroatoms. The summed E-state index contributed by atoms with van der Waals surface area (Å²) in [5, 5.41) is 1.40. The molecule has 1 aromatic heterocycles. The van der Waals surface area contributed by atoms with Crippen LogP contribution in [-0.2, 0) is 32.5 Å². The van der Waals surface area contributed by atoms with Crippen LogP contribution in [0.5, 0.6) is 0 Å². The Morgan fingerprint density at radius 3 is 1.66 bits per heavy atom. The van der Waals surface area contributed by atoms with Gasteiger partial charge in [-0.05, 0) is 188 Å². The average Bonchev–Trinajstić information content (AvgIpc) is 3.64. The molecule has 348 valence electrons. The van der Waals surface area contributed by atoms with Gasteiger partial charge in [0.05, 0.1) is 11.4 Å². The van der Waals surface area contributed by atoms with Crippen molar-refractivity contribution in [3.05, 3.63) is 148 Å². The quantitative estimate of drug-likeness (QED) is 0.163. The largest absolute Gasteiger partial charge is 0.311 e. The molecule has 11 rings (SSSR count). The van der Waals surface area contributed by atoms with Crippen LogP contribution in [0.3, 0.4) is 0 Å². The third-order valence-electron chi connectivity index (χ3n) is 17.3. The minimum atomic E-state index is -0.0272. The fourth-order valence-corrected chi connectivity index (χ4v) is 14.0. The van der Waals surface area contributed by atoms with Gasteiger partial charge >= 0.3 is 0 Å². The molecule has 2 nitrogen and oxygen atoms in total. The number of fused-ring (bicyclic) bond motifs is 8. The fraction of sp³-hybridized carbons (Fsp3) is 0.406. The van der Waals surface area contributed by atoms with Gasteiger partial charge in [0.2, 0.25) is 0 Å². The van der Waals surface area contributed by atoms with Gasteiger partial charge in [-0.3, -0.25) is 0 Å². The summed E-state index contributed by atoms with van der Waals surface area (Å²) in [6, 6.07) is 41.7. The zero-order chi connectivity index (χ0) is 48.4. The maximum atomic E-state index is 2.74. The van der Waals surface area contributed by atoms with Crippen molar-refractivity contribution in [3.63, 3.8) is 0 Å². The molecule has 4 aliphatic rings. The van der Waals surface area contributed by atoms with Crippen LogP contribution in [0.2, 0.25) is 0 Å². The molecule has 0 atom stereocenters. The van der Waals surface area contributed by atoms with Crippen LogP contribution in [0.15, 0.2) is 103 Å². The Hall–Kier alpha value is -5.06. The standard InChI is InChI=1S/C64H73BN2S/c1-38-31-53-56-54(32-38)67(51-25-21-40(59(3,4)5)33-44(51)43-20-18-17-19-39(43)2)52-26-22-41(60(6,7)8)34-50(52)65(56)58-57(45-36-48-49(37-55(45)68-58)64(15,16)30-29-63(48,13)14)66(53)42-23-24-46-47(35-42)62(11,12)28-27-61(46,9)10/h17-26,31-37H,27-30H2,1-16H3. The van der Waals surface area contributed by atoms with Gasteiger partial charge < -0.3 is 9.80 Å². The minimum absolute atomic E-state index is 0.00857. The fourth-order valence-electron chi connectivity index (χ4n) is 12.7. The summed E-state index contributed by atoms with van der Waals surface area (Å²) in [5.74, 6) is 0. The van der Waals surface area contributed by atoms with Gasteiger partial charge in [-0.25, -0.2) is 0 Å². The molecule has 6 aromatic carbocycles. The summed E-state index contributed by atoms with van der Waals surface area (Å²) in [5.41, 5.74) is 24.8. The molecule has 0 unspecified atom stereocenters. The summed E-state index contributed by atoms with van der Waals surface area (Å²) in [6.45, 7) is 38.6. The molecule has 0 spiro atoms. The van der Waals surface area contributed by atoms with E-state index in [1.807, 2.05) is 0 Å². The van der Waals surface area contributed by atoms with Gasteiger partial charge in [-0.1, -0.05) is 145 Å². The number of hydrogen-bond acceptors (Lipinski definition) is 3. The molecule has 3 heterocycles. The first-order chi connectivity index (χ1) is 31.8. The SMILES string of the molecule is Cc1cc2c3c(c1)N(c1ccc4c(c1)C(C)(C)CCC4(C)C)c1c(sc4cc5c(cc14)C(C)(C)CCC5(C)C)B3c1cc(C(C)(C)C)ccc1N2c1ccc(C(C)(C)C)cc1-c1ccccc1C. The van der Waals surface area contributed by atoms with Crippen molar-refractivity contribution in [2.45, 2.75) is 169 Å². The molecule has 0 saturated carbocycles. The molecule has 0 bridgehead atoms. The molecule has 7 aromatic rings. The van der Waals surface area contributed by atoms with Crippen molar-refractivity contribution in [1.82, 2.24) is 0 Å². The van der Waals surface area contributed by atoms with E-state index in [9.17, 15) is 0 Å².